The molecule has 0 aliphatic carbocycles. The van der Waals surface area contributed by atoms with Crippen LogP contribution < -0.4 is 5.32 Å². The Balaban J connectivity index is 1.36. The first-order chi connectivity index (χ1) is 14.1. The highest BCUT2D eigenvalue weighted by molar-refractivity contribution is 5.96. The molecule has 4 rings (SSSR count). The zero-order chi connectivity index (χ0) is 20.2. The van der Waals surface area contributed by atoms with Crippen LogP contribution in [0.4, 0.5) is 0 Å². The lowest BCUT2D eigenvalue weighted by molar-refractivity contribution is -0.132. The number of nitrogens with zero attached hydrogens (tertiary/aromatic N) is 4. The van der Waals surface area contributed by atoms with Crippen molar-refractivity contribution in [1.29, 1.82) is 0 Å². The lowest BCUT2D eigenvalue weighted by Crippen LogP contribution is -2.39. The van der Waals surface area contributed by atoms with Crippen molar-refractivity contribution in [2.24, 2.45) is 5.92 Å². The molecule has 0 radical (unpaired) electrons. The van der Waals surface area contributed by atoms with Gasteiger partial charge in [0.25, 0.3) is 5.91 Å². The number of nitrogens with one attached hydrogen (secondary N) is 1. The summed E-state index contributed by atoms with van der Waals surface area (Å²) in [6, 6.07) is 11.5. The van der Waals surface area contributed by atoms with Gasteiger partial charge in [-0.2, -0.15) is 0 Å². The van der Waals surface area contributed by atoms with Crippen molar-refractivity contribution in [3.8, 4) is 5.69 Å². The number of carbonyl (C=O) groups excluding carboxylic acids is 2. The monoisotopic (exact) mass is 391 g/mol. The molecule has 2 aromatic heterocycles. The molecule has 0 bridgehead atoms. The average Bonchev–Trinajstić information content (AvgIpc) is 3.18. The number of amides is 2. The molecule has 3 heterocycles. The number of likely N-dealkylation sites (tertiary alicyclic amines) is 1. The highest BCUT2D eigenvalue weighted by atomic mass is 16.2. The maximum atomic E-state index is 12.5. The summed E-state index contributed by atoms with van der Waals surface area (Å²) >= 11 is 0. The Morgan fingerprint density at radius 2 is 1.90 bits per heavy atom. The van der Waals surface area contributed by atoms with Gasteiger partial charge in [-0.1, -0.05) is 25.1 Å². The van der Waals surface area contributed by atoms with Crippen LogP contribution in [-0.2, 0) is 4.79 Å². The summed E-state index contributed by atoms with van der Waals surface area (Å²) in [6.45, 7) is 4.17. The number of hydrogen-bond donors (Lipinski definition) is 1. The minimum absolute atomic E-state index is 0.104. The van der Waals surface area contributed by atoms with Crippen LogP contribution in [-0.4, -0.2) is 50.9 Å². The Hall–Kier alpha value is -3.22. The van der Waals surface area contributed by atoms with Crippen molar-refractivity contribution >= 4 is 23.0 Å². The number of carbonyl (C=O) groups is 2. The Morgan fingerprint density at radius 3 is 2.66 bits per heavy atom. The number of benzene rings is 1. The number of pyridine rings is 1. The van der Waals surface area contributed by atoms with E-state index in [-0.39, 0.29) is 11.8 Å². The van der Waals surface area contributed by atoms with Crippen LogP contribution in [0.2, 0.25) is 0 Å². The van der Waals surface area contributed by atoms with E-state index in [1.165, 1.54) is 0 Å². The van der Waals surface area contributed by atoms with E-state index in [0.717, 1.165) is 31.6 Å². The lowest BCUT2D eigenvalue weighted by atomic mass is 9.99. The van der Waals surface area contributed by atoms with E-state index in [1.54, 1.807) is 18.6 Å². The van der Waals surface area contributed by atoms with Gasteiger partial charge in [-0.3, -0.25) is 14.2 Å². The summed E-state index contributed by atoms with van der Waals surface area (Å²) in [5.74, 6) is 0.549. The van der Waals surface area contributed by atoms with Gasteiger partial charge in [-0.15, -0.1) is 0 Å². The summed E-state index contributed by atoms with van der Waals surface area (Å²) in [5, 5.41) is 2.82. The number of para-hydroxylation sites is 1. The molecule has 0 saturated carbocycles. The fourth-order valence-corrected chi connectivity index (χ4v) is 3.60. The standard InChI is InChI=1S/C22H25N5O2/c1-16-8-11-26(12-9-16)20(28)7-10-23-22(29)17-13-19-21(24-14-17)27(15-25-19)18-5-3-2-4-6-18/h2-6,13-16H,7-12H2,1H3,(H,23,29). The zero-order valence-corrected chi connectivity index (χ0v) is 16.5. The van der Waals surface area contributed by atoms with Gasteiger partial charge in [0, 0.05) is 37.9 Å². The molecule has 1 fully saturated rings. The van der Waals surface area contributed by atoms with E-state index >= 15 is 0 Å². The number of hydrogen-bond acceptors (Lipinski definition) is 4. The predicted molar refractivity (Wildman–Crippen MR) is 111 cm³/mol. The molecule has 150 valence electrons. The number of rotatable bonds is 5. The molecule has 3 aromatic rings. The minimum Gasteiger partial charge on any atom is -0.351 e. The molecule has 0 unspecified atom stereocenters. The summed E-state index contributed by atoms with van der Waals surface area (Å²) in [5.41, 5.74) is 2.75. The average molecular weight is 391 g/mol. The normalized spacial score (nSPS) is 14.9. The zero-order valence-electron chi connectivity index (χ0n) is 16.5. The number of aromatic nitrogens is 3. The molecule has 0 spiro atoms. The smallest absolute Gasteiger partial charge is 0.252 e. The van der Waals surface area contributed by atoms with E-state index < -0.39 is 0 Å². The van der Waals surface area contributed by atoms with Gasteiger partial charge in [0.2, 0.25) is 5.91 Å². The first kappa shape index (κ1) is 19.1. The van der Waals surface area contributed by atoms with E-state index in [4.69, 9.17) is 0 Å². The van der Waals surface area contributed by atoms with Gasteiger partial charge in [0.1, 0.15) is 11.8 Å². The Morgan fingerprint density at radius 1 is 1.14 bits per heavy atom. The fraction of sp³-hybridized carbons (Fsp3) is 0.364. The van der Waals surface area contributed by atoms with E-state index in [0.29, 0.717) is 35.6 Å². The molecule has 0 atom stereocenters. The molecule has 1 saturated heterocycles. The molecule has 1 aromatic carbocycles. The van der Waals surface area contributed by atoms with E-state index in [9.17, 15) is 9.59 Å². The third-order valence-corrected chi connectivity index (χ3v) is 5.45. The fourth-order valence-electron chi connectivity index (χ4n) is 3.60. The maximum absolute atomic E-state index is 12.5. The second kappa shape index (κ2) is 8.43. The summed E-state index contributed by atoms with van der Waals surface area (Å²) in [7, 11) is 0. The predicted octanol–water partition coefficient (Wildman–Crippen LogP) is 2.80. The molecule has 1 aliphatic heterocycles. The van der Waals surface area contributed by atoms with Crippen LogP contribution in [0.15, 0.2) is 48.9 Å². The summed E-state index contributed by atoms with van der Waals surface area (Å²) in [6.07, 6.45) is 5.68. The van der Waals surface area contributed by atoms with Gasteiger partial charge >= 0.3 is 0 Å². The van der Waals surface area contributed by atoms with Crippen molar-refractivity contribution in [3.63, 3.8) is 0 Å². The minimum atomic E-state index is -0.242. The summed E-state index contributed by atoms with van der Waals surface area (Å²) in [4.78, 5) is 35.4. The van der Waals surface area contributed by atoms with Crippen LogP contribution in [0.1, 0.15) is 36.5 Å². The second-order valence-electron chi connectivity index (χ2n) is 7.59. The third kappa shape index (κ3) is 4.29. The SMILES string of the molecule is CC1CCN(C(=O)CCNC(=O)c2cnc3c(c2)ncn3-c2ccccc2)CC1. The van der Waals surface area contributed by atoms with Crippen molar-refractivity contribution in [3.05, 3.63) is 54.5 Å². The largest absolute Gasteiger partial charge is 0.351 e. The molecular formula is C22H25N5O2. The Kier molecular flexibility index (Phi) is 5.55. The van der Waals surface area contributed by atoms with Gasteiger partial charge in [-0.25, -0.2) is 9.97 Å². The molecule has 1 N–H and O–H groups in total. The van der Waals surface area contributed by atoms with E-state index in [1.807, 2.05) is 39.8 Å². The first-order valence-electron chi connectivity index (χ1n) is 10.1. The highest BCUT2D eigenvalue weighted by Gasteiger charge is 2.20. The van der Waals surface area contributed by atoms with Crippen molar-refractivity contribution in [2.45, 2.75) is 26.2 Å². The maximum Gasteiger partial charge on any atom is 0.252 e. The van der Waals surface area contributed by atoms with Crippen LogP contribution >= 0.6 is 0 Å². The van der Waals surface area contributed by atoms with Gasteiger partial charge < -0.3 is 10.2 Å². The molecule has 2 amide bonds. The number of imidazole rings is 1. The van der Waals surface area contributed by atoms with Crippen LogP contribution in [0, 0.1) is 5.92 Å². The molecule has 7 heteroatoms. The molecular weight excluding hydrogens is 366 g/mol. The molecule has 1 aliphatic rings. The highest BCUT2D eigenvalue weighted by Crippen LogP contribution is 2.18. The first-order valence-corrected chi connectivity index (χ1v) is 10.1. The number of fused-ring (bicyclic) bond motifs is 1. The molecule has 7 nitrogen and oxygen atoms in total. The summed E-state index contributed by atoms with van der Waals surface area (Å²) < 4.78 is 1.88. The van der Waals surface area contributed by atoms with Gasteiger partial charge in [0.15, 0.2) is 5.65 Å². The quantitative estimate of drug-likeness (QED) is 0.725. The second-order valence-corrected chi connectivity index (χ2v) is 7.59. The lowest BCUT2D eigenvalue weighted by Gasteiger charge is -2.30. The van der Waals surface area contributed by atoms with Gasteiger partial charge in [-0.05, 0) is 37.0 Å². The number of piperidine rings is 1. The van der Waals surface area contributed by atoms with Crippen molar-refractivity contribution in [1.82, 2.24) is 24.8 Å². The Labute approximate surface area is 169 Å². The van der Waals surface area contributed by atoms with Crippen LogP contribution in [0.5, 0.6) is 0 Å². The molecule has 29 heavy (non-hydrogen) atoms. The topological polar surface area (TPSA) is 80.1 Å². The van der Waals surface area contributed by atoms with Crippen molar-refractivity contribution in [2.75, 3.05) is 19.6 Å². The van der Waals surface area contributed by atoms with Gasteiger partial charge in [0.05, 0.1) is 5.56 Å². The van der Waals surface area contributed by atoms with Crippen LogP contribution in [0.3, 0.4) is 0 Å². The third-order valence-electron chi connectivity index (χ3n) is 5.45. The van der Waals surface area contributed by atoms with Crippen LogP contribution in [0.25, 0.3) is 16.9 Å². The van der Waals surface area contributed by atoms with E-state index in [2.05, 4.69) is 22.2 Å². The van der Waals surface area contributed by atoms with Crippen molar-refractivity contribution < 1.29 is 9.59 Å². The Bertz CT molecular complexity index is 1010.